The Labute approximate surface area is 413 Å². The van der Waals surface area contributed by atoms with E-state index in [-0.39, 0.29) is 12.8 Å². The molecule has 0 fully saturated rings. The number of benzene rings is 4. The molecule has 10 heteroatoms. The number of carbonyl (C=O) groups excluding carboxylic acids is 4. The highest BCUT2D eigenvalue weighted by molar-refractivity contribution is 5.91. The third-order valence-corrected chi connectivity index (χ3v) is 12.0. The van der Waals surface area contributed by atoms with Crippen molar-refractivity contribution in [1.29, 1.82) is 0 Å². The van der Waals surface area contributed by atoms with Crippen molar-refractivity contribution < 1.29 is 47.6 Å². The van der Waals surface area contributed by atoms with E-state index >= 15 is 0 Å². The van der Waals surface area contributed by atoms with Crippen molar-refractivity contribution in [2.24, 2.45) is 0 Å². The zero-order chi connectivity index (χ0) is 49.0. The minimum absolute atomic E-state index is 0.183. The molecule has 0 aliphatic carbocycles. The maximum absolute atomic E-state index is 12.7. The van der Waals surface area contributed by atoms with E-state index in [2.05, 4.69) is 13.8 Å². The average molecular weight is 949 g/mol. The fourth-order valence-corrected chi connectivity index (χ4v) is 7.85. The summed E-state index contributed by atoms with van der Waals surface area (Å²) in [5.74, 6) is 0.998. The van der Waals surface area contributed by atoms with Crippen LogP contribution in [0, 0.1) is 0 Å². The molecule has 0 aliphatic rings. The number of unbranched alkanes of at least 4 members (excludes halogenated alkanes) is 22. The van der Waals surface area contributed by atoms with E-state index in [1.54, 1.807) is 97.1 Å². The molecule has 0 saturated carbocycles. The van der Waals surface area contributed by atoms with Crippen LogP contribution in [0.3, 0.4) is 0 Å². The highest BCUT2D eigenvalue weighted by Crippen LogP contribution is 2.23. The minimum Gasteiger partial charge on any atom is -0.494 e. The van der Waals surface area contributed by atoms with E-state index in [9.17, 15) is 19.2 Å². The molecule has 0 radical (unpaired) electrons. The number of esters is 4. The van der Waals surface area contributed by atoms with Gasteiger partial charge in [-0.2, -0.15) is 0 Å². The average Bonchev–Trinajstić information content (AvgIpc) is 3.36. The summed E-state index contributed by atoms with van der Waals surface area (Å²) in [6.07, 6.45) is 30.4. The molecule has 10 nitrogen and oxygen atoms in total. The van der Waals surface area contributed by atoms with Crippen molar-refractivity contribution in [2.75, 3.05) is 13.2 Å². The summed E-state index contributed by atoms with van der Waals surface area (Å²) in [6, 6.07) is 26.5. The highest BCUT2D eigenvalue weighted by atomic mass is 16.5. The molecule has 0 atom stereocenters. The normalized spacial score (nSPS) is 10.9. The van der Waals surface area contributed by atoms with Crippen molar-refractivity contribution in [2.45, 2.75) is 187 Å². The van der Waals surface area contributed by atoms with Gasteiger partial charge in [-0.1, -0.05) is 149 Å². The molecule has 0 unspecified atom stereocenters. The molecule has 69 heavy (non-hydrogen) atoms. The van der Waals surface area contributed by atoms with Crippen LogP contribution in [0.5, 0.6) is 34.5 Å². The van der Waals surface area contributed by atoms with E-state index in [1.807, 2.05) is 0 Å². The summed E-state index contributed by atoms with van der Waals surface area (Å²) < 4.78 is 33.6. The lowest BCUT2D eigenvalue weighted by Crippen LogP contribution is -2.10. The van der Waals surface area contributed by atoms with Crippen molar-refractivity contribution in [3.63, 3.8) is 0 Å². The van der Waals surface area contributed by atoms with Crippen LogP contribution in [0.25, 0.3) is 0 Å². The maximum Gasteiger partial charge on any atom is 0.343 e. The van der Waals surface area contributed by atoms with Crippen molar-refractivity contribution >= 4 is 23.9 Å². The molecule has 0 spiro atoms. The molecule has 4 aromatic rings. The van der Waals surface area contributed by atoms with Crippen molar-refractivity contribution in [3.8, 4) is 34.5 Å². The topological polar surface area (TPSA) is 124 Å². The predicted octanol–water partition coefficient (Wildman–Crippen LogP) is 16.0. The molecule has 0 N–H and O–H groups in total. The highest BCUT2D eigenvalue weighted by Gasteiger charge is 2.13. The van der Waals surface area contributed by atoms with Gasteiger partial charge in [0, 0.05) is 12.8 Å². The van der Waals surface area contributed by atoms with Gasteiger partial charge in [0.05, 0.1) is 24.3 Å². The van der Waals surface area contributed by atoms with Crippen LogP contribution < -0.4 is 28.4 Å². The van der Waals surface area contributed by atoms with Crippen LogP contribution in [0.2, 0.25) is 0 Å². The molecule has 4 aromatic carbocycles. The third-order valence-electron chi connectivity index (χ3n) is 12.0. The fraction of sp³-hybridized carbons (Fsp3) is 0.525. The van der Waals surface area contributed by atoms with Crippen LogP contribution in [0.1, 0.15) is 208 Å². The van der Waals surface area contributed by atoms with E-state index < -0.39 is 23.9 Å². The second kappa shape index (κ2) is 35.5. The fourth-order valence-electron chi connectivity index (χ4n) is 7.85. The lowest BCUT2D eigenvalue weighted by molar-refractivity contribution is -0.134. The van der Waals surface area contributed by atoms with E-state index in [0.29, 0.717) is 66.6 Å². The quantitative estimate of drug-likeness (QED) is 0.0244. The van der Waals surface area contributed by atoms with Gasteiger partial charge in [0.1, 0.15) is 34.5 Å². The Kier molecular flexibility index (Phi) is 28.8. The first-order valence-electron chi connectivity index (χ1n) is 26.3. The molecule has 4 rings (SSSR count). The van der Waals surface area contributed by atoms with Crippen LogP contribution in [0.15, 0.2) is 97.1 Å². The van der Waals surface area contributed by atoms with E-state index in [1.165, 1.54) is 116 Å². The van der Waals surface area contributed by atoms with Gasteiger partial charge in [-0.25, -0.2) is 9.59 Å². The van der Waals surface area contributed by atoms with E-state index in [0.717, 1.165) is 37.2 Å². The van der Waals surface area contributed by atoms with Crippen molar-refractivity contribution in [1.82, 2.24) is 0 Å². The monoisotopic (exact) mass is 949 g/mol. The minimum atomic E-state index is -0.496. The standard InChI is InChI=1S/C59H80O10/c1-3-5-7-9-11-13-15-17-19-21-26-46-64-50-34-30-48(31-35-50)58(62)68-54-42-38-52(39-43-54)66-56(60)28-24-23-25-29-57(61)67-53-40-44-55(45-41-53)69-59(63)49-32-36-51(37-33-49)65-47-27-22-20-18-16-14-12-10-8-6-4-2/h30-45H,3-29,46-47H2,1-2H3. The zero-order valence-corrected chi connectivity index (χ0v) is 41.8. The molecule has 376 valence electrons. The molecular formula is C59H80O10. The van der Waals surface area contributed by atoms with Crippen LogP contribution in [-0.4, -0.2) is 37.1 Å². The zero-order valence-electron chi connectivity index (χ0n) is 41.8. The van der Waals surface area contributed by atoms with Gasteiger partial charge in [-0.15, -0.1) is 0 Å². The predicted molar refractivity (Wildman–Crippen MR) is 274 cm³/mol. The molecule has 0 amide bonds. The molecule has 0 aromatic heterocycles. The number of carbonyl (C=O) groups is 4. The molecular weight excluding hydrogens is 869 g/mol. The Balaban J connectivity index is 0.996. The Morgan fingerprint density at radius 2 is 0.536 bits per heavy atom. The van der Waals surface area contributed by atoms with Gasteiger partial charge in [-0.05, 0) is 123 Å². The lowest BCUT2D eigenvalue weighted by Gasteiger charge is -2.09. The molecule has 0 aliphatic heterocycles. The van der Waals surface area contributed by atoms with Crippen LogP contribution in [0.4, 0.5) is 0 Å². The van der Waals surface area contributed by atoms with Gasteiger partial charge in [0.15, 0.2) is 0 Å². The van der Waals surface area contributed by atoms with E-state index in [4.69, 9.17) is 28.4 Å². The Hall–Kier alpha value is -5.64. The summed E-state index contributed by atoms with van der Waals surface area (Å²) in [6.45, 7) is 5.82. The Morgan fingerprint density at radius 3 is 0.841 bits per heavy atom. The van der Waals surface area contributed by atoms with Gasteiger partial charge >= 0.3 is 23.9 Å². The first kappa shape index (κ1) is 56.0. The Bertz CT molecular complexity index is 1850. The van der Waals surface area contributed by atoms with Crippen molar-refractivity contribution in [3.05, 3.63) is 108 Å². The maximum atomic E-state index is 12.7. The Morgan fingerprint density at radius 1 is 0.290 bits per heavy atom. The first-order valence-corrected chi connectivity index (χ1v) is 26.3. The third kappa shape index (κ3) is 25.5. The number of ether oxygens (including phenoxy) is 6. The summed E-state index contributed by atoms with van der Waals surface area (Å²) in [5.41, 5.74) is 0.811. The SMILES string of the molecule is CCCCCCCCCCCCCOc1ccc(C(=O)Oc2ccc(OC(=O)CCCCCC(=O)Oc3ccc(OC(=O)c4ccc(OCCCCCCCCCCCCC)cc4)cc3)cc2)cc1. The molecule has 0 bridgehead atoms. The summed E-state index contributed by atoms with van der Waals surface area (Å²) in [5, 5.41) is 0. The first-order chi connectivity index (χ1) is 33.8. The summed E-state index contributed by atoms with van der Waals surface area (Å²) >= 11 is 0. The smallest absolute Gasteiger partial charge is 0.343 e. The largest absolute Gasteiger partial charge is 0.494 e. The lowest BCUT2D eigenvalue weighted by atomic mass is 10.1. The number of hydrogen-bond donors (Lipinski definition) is 0. The number of hydrogen-bond acceptors (Lipinski definition) is 10. The van der Waals surface area contributed by atoms with Gasteiger partial charge < -0.3 is 28.4 Å². The second-order valence-corrected chi connectivity index (χ2v) is 18.0. The number of rotatable bonds is 38. The summed E-state index contributed by atoms with van der Waals surface area (Å²) in [7, 11) is 0. The van der Waals surface area contributed by atoms with Gasteiger partial charge in [0.25, 0.3) is 0 Å². The second-order valence-electron chi connectivity index (χ2n) is 18.0. The molecule has 0 heterocycles. The molecule has 0 saturated heterocycles. The van der Waals surface area contributed by atoms with Gasteiger partial charge in [-0.3, -0.25) is 9.59 Å². The van der Waals surface area contributed by atoms with Crippen LogP contribution in [-0.2, 0) is 9.59 Å². The summed E-state index contributed by atoms with van der Waals surface area (Å²) in [4.78, 5) is 50.4. The van der Waals surface area contributed by atoms with Crippen LogP contribution >= 0.6 is 0 Å². The van der Waals surface area contributed by atoms with Gasteiger partial charge in [0.2, 0.25) is 0 Å².